The van der Waals surface area contributed by atoms with Crippen LogP contribution in [0.1, 0.15) is 5.82 Å². The van der Waals surface area contributed by atoms with Gasteiger partial charge in [0, 0.05) is 13.7 Å². The number of hydrogen-bond donors (Lipinski definition) is 2. The van der Waals surface area contributed by atoms with E-state index in [1.54, 1.807) is 11.8 Å². The molecule has 0 saturated heterocycles. The van der Waals surface area contributed by atoms with E-state index in [2.05, 4.69) is 20.8 Å². The lowest BCUT2D eigenvalue weighted by atomic mass is 10.3. The lowest BCUT2D eigenvalue weighted by molar-refractivity contribution is 0.0643. The van der Waals surface area contributed by atoms with Crippen LogP contribution in [0.15, 0.2) is 30.3 Å². The van der Waals surface area contributed by atoms with E-state index < -0.39 is 6.10 Å². The molecule has 0 amide bonds. The van der Waals surface area contributed by atoms with E-state index in [9.17, 15) is 5.11 Å². The molecule has 1 atom stereocenters. The van der Waals surface area contributed by atoms with Crippen LogP contribution in [0.3, 0.4) is 0 Å². The first-order valence-electron chi connectivity index (χ1n) is 6.01. The van der Waals surface area contributed by atoms with Crippen LogP contribution in [0.4, 0.5) is 0 Å². The molecule has 2 rings (SSSR count). The normalized spacial score (nSPS) is 12.5. The van der Waals surface area contributed by atoms with E-state index in [0.717, 1.165) is 5.69 Å². The molecule has 7 nitrogen and oxygen atoms in total. The number of ether oxygens (including phenoxy) is 1. The van der Waals surface area contributed by atoms with Crippen molar-refractivity contribution in [3.8, 4) is 5.69 Å². The average molecular weight is 263 g/mol. The third kappa shape index (κ3) is 3.82. The Bertz CT molecular complexity index is 488. The summed E-state index contributed by atoms with van der Waals surface area (Å²) in [5.74, 6) is 0.691. The Balaban J connectivity index is 1.94. The Kier molecular flexibility index (Phi) is 4.96. The zero-order valence-electron chi connectivity index (χ0n) is 10.7. The molecule has 102 valence electrons. The molecule has 0 aliphatic rings. The number of aromatic nitrogens is 4. The van der Waals surface area contributed by atoms with Gasteiger partial charge in [0.15, 0.2) is 5.82 Å². The molecule has 0 fully saturated rings. The molecule has 0 aliphatic heterocycles. The molecular weight excluding hydrogens is 246 g/mol. The van der Waals surface area contributed by atoms with Crippen molar-refractivity contribution in [2.24, 2.45) is 0 Å². The van der Waals surface area contributed by atoms with Crippen molar-refractivity contribution >= 4 is 0 Å². The molecule has 0 radical (unpaired) electrons. The van der Waals surface area contributed by atoms with Gasteiger partial charge in [-0.2, -0.15) is 4.68 Å². The van der Waals surface area contributed by atoms with Gasteiger partial charge < -0.3 is 15.2 Å². The molecule has 0 aliphatic carbocycles. The molecule has 1 unspecified atom stereocenters. The van der Waals surface area contributed by atoms with Crippen molar-refractivity contribution in [2.45, 2.75) is 12.6 Å². The monoisotopic (exact) mass is 263 g/mol. The maximum Gasteiger partial charge on any atom is 0.170 e. The van der Waals surface area contributed by atoms with Crippen molar-refractivity contribution in [3.05, 3.63) is 36.2 Å². The van der Waals surface area contributed by atoms with E-state index in [0.29, 0.717) is 25.5 Å². The summed E-state index contributed by atoms with van der Waals surface area (Å²) in [6, 6.07) is 9.65. The first-order chi connectivity index (χ1) is 9.31. The molecule has 19 heavy (non-hydrogen) atoms. The van der Waals surface area contributed by atoms with E-state index in [-0.39, 0.29) is 0 Å². The smallest absolute Gasteiger partial charge is 0.170 e. The molecule has 0 spiro atoms. The summed E-state index contributed by atoms with van der Waals surface area (Å²) < 4.78 is 6.51. The lowest BCUT2D eigenvalue weighted by Gasteiger charge is -2.10. The Morgan fingerprint density at radius 3 is 2.89 bits per heavy atom. The zero-order valence-corrected chi connectivity index (χ0v) is 10.7. The van der Waals surface area contributed by atoms with Crippen LogP contribution in [0.5, 0.6) is 0 Å². The van der Waals surface area contributed by atoms with Crippen LogP contribution in [-0.2, 0) is 11.3 Å². The summed E-state index contributed by atoms with van der Waals surface area (Å²) in [6.45, 7) is 1.20. The number of rotatable bonds is 7. The fourth-order valence-electron chi connectivity index (χ4n) is 1.69. The van der Waals surface area contributed by atoms with Gasteiger partial charge in [0.05, 0.1) is 24.9 Å². The van der Waals surface area contributed by atoms with E-state index in [1.165, 1.54) is 0 Å². The van der Waals surface area contributed by atoms with Crippen LogP contribution in [0.2, 0.25) is 0 Å². The number of nitrogens with zero attached hydrogens (tertiary/aromatic N) is 4. The van der Waals surface area contributed by atoms with Gasteiger partial charge in [-0.3, -0.25) is 0 Å². The van der Waals surface area contributed by atoms with Crippen LogP contribution < -0.4 is 5.32 Å². The number of hydrogen-bond acceptors (Lipinski definition) is 6. The average Bonchev–Trinajstić information content (AvgIpc) is 2.88. The summed E-state index contributed by atoms with van der Waals surface area (Å²) >= 11 is 0. The van der Waals surface area contributed by atoms with Crippen LogP contribution in [0, 0.1) is 0 Å². The highest BCUT2D eigenvalue weighted by molar-refractivity contribution is 5.30. The van der Waals surface area contributed by atoms with E-state index >= 15 is 0 Å². The molecule has 0 bridgehead atoms. The molecule has 1 heterocycles. The quantitative estimate of drug-likeness (QED) is 0.717. The highest BCUT2D eigenvalue weighted by Crippen LogP contribution is 2.06. The molecule has 1 aromatic carbocycles. The second kappa shape index (κ2) is 6.93. The van der Waals surface area contributed by atoms with Crippen molar-refractivity contribution in [3.63, 3.8) is 0 Å². The second-order valence-electron chi connectivity index (χ2n) is 4.08. The van der Waals surface area contributed by atoms with Gasteiger partial charge in [0.25, 0.3) is 0 Å². The third-order valence-corrected chi connectivity index (χ3v) is 2.56. The van der Waals surface area contributed by atoms with E-state index in [4.69, 9.17) is 4.74 Å². The van der Waals surface area contributed by atoms with Crippen LogP contribution in [0.25, 0.3) is 5.69 Å². The van der Waals surface area contributed by atoms with Crippen molar-refractivity contribution in [1.29, 1.82) is 0 Å². The van der Waals surface area contributed by atoms with Gasteiger partial charge in [0.2, 0.25) is 0 Å². The topological polar surface area (TPSA) is 85.1 Å². The summed E-state index contributed by atoms with van der Waals surface area (Å²) in [7, 11) is 1.55. The van der Waals surface area contributed by atoms with Gasteiger partial charge in [0.1, 0.15) is 0 Å². The predicted octanol–water partition coefficient (Wildman–Crippen LogP) is -0.241. The second-order valence-corrected chi connectivity index (χ2v) is 4.08. The summed E-state index contributed by atoms with van der Waals surface area (Å²) in [5, 5.41) is 24.2. The molecule has 1 aromatic heterocycles. The van der Waals surface area contributed by atoms with Gasteiger partial charge >= 0.3 is 0 Å². The lowest BCUT2D eigenvalue weighted by Crippen LogP contribution is -2.30. The molecule has 2 aromatic rings. The maximum absolute atomic E-state index is 9.52. The minimum Gasteiger partial charge on any atom is -0.389 e. The van der Waals surface area contributed by atoms with Gasteiger partial charge in [-0.1, -0.05) is 18.2 Å². The van der Waals surface area contributed by atoms with Crippen molar-refractivity contribution in [2.75, 3.05) is 20.3 Å². The number of benzene rings is 1. The number of nitrogens with one attached hydrogen (secondary N) is 1. The standard InChI is InChI=1S/C12H17N5O2/c1-19-9-11(18)7-13-8-12-14-15-16-17(12)10-5-3-2-4-6-10/h2-6,11,13,18H,7-9H2,1H3. The van der Waals surface area contributed by atoms with Gasteiger partial charge in [-0.15, -0.1) is 5.10 Å². The van der Waals surface area contributed by atoms with Crippen molar-refractivity contribution < 1.29 is 9.84 Å². The summed E-state index contributed by atoms with van der Waals surface area (Å²) in [5.41, 5.74) is 0.904. The van der Waals surface area contributed by atoms with Crippen LogP contribution in [-0.4, -0.2) is 51.7 Å². The first-order valence-corrected chi connectivity index (χ1v) is 6.01. The summed E-state index contributed by atoms with van der Waals surface area (Å²) in [6.07, 6.45) is -0.536. The number of aliphatic hydroxyl groups is 1. The fraction of sp³-hybridized carbons (Fsp3) is 0.417. The molecule has 7 heteroatoms. The van der Waals surface area contributed by atoms with Gasteiger partial charge in [-0.25, -0.2) is 0 Å². The fourth-order valence-corrected chi connectivity index (χ4v) is 1.69. The minimum atomic E-state index is -0.536. The Labute approximate surface area is 111 Å². The SMILES string of the molecule is COCC(O)CNCc1nnnn1-c1ccccc1. The Morgan fingerprint density at radius 1 is 1.37 bits per heavy atom. The predicted molar refractivity (Wildman–Crippen MR) is 68.7 cm³/mol. The highest BCUT2D eigenvalue weighted by atomic mass is 16.5. The number of para-hydroxylation sites is 1. The Morgan fingerprint density at radius 2 is 2.16 bits per heavy atom. The van der Waals surface area contributed by atoms with E-state index in [1.807, 2.05) is 30.3 Å². The summed E-state index contributed by atoms with van der Waals surface area (Å²) in [4.78, 5) is 0. The molecular formula is C12H17N5O2. The molecule has 2 N–H and O–H groups in total. The largest absolute Gasteiger partial charge is 0.389 e. The van der Waals surface area contributed by atoms with Crippen LogP contribution >= 0.6 is 0 Å². The number of aliphatic hydroxyl groups excluding tert-OH is 1. The Hall–Kier alpha value is -1.83. The number of tetrazole rings is 1. The molecule has 0 saturated carbocycles. The first kappa shape index (κ1) is 13.6. The third-order valence-electron chi connectivity index (χ3n) is 2.56. The van der Waals surface area contributed by atoms with Crippen molar-refractivity contribution in [1.82, 2.24) is 25.5 Å². The highest BCUT2D eigenvalue weighted by Gasteiger charge is 2.08. The minimum absolute atomic E-state index is 0.302. The number of methoxy groups -OCH3 is 1. The van der Waals surface area contributed by atoms with Gasteiger partial charge in [-0.05, 0) is 22.6 Å². The zero-order chi connectivity index (χ0) is 13.5. The maximum atomic E-state index is 9.52.